The predicted octanol–water partition coefficient (Wildman–Crippen LogP) is -0.314. The predicted molar refractivity (Wildman–Crippen MR) is 91.6 cm³/mol. The van der Waals surface area contributed by atoms with E-state index in [4.69, 9.17) is 9.84 Å². The van der Waals surface area contributed by atoms with Crippen molar-refractivity contribution in [2.45, 2.75) is 50.8 Å². The Balaban J connectivity index is 1.96. The molecule has 2 rings (SSSR count). The number of aliphatic hydroxyl groups excluding tert-OH is 3. The van der Waals surface area contributed by atoms with Crippen molar-refractivity contribution in [2.24, 2.45) is 5.92 Å². The zero-order valence-electron chi connectivity index (χ0n) is 14.7. The Bertz CT molecular complexity index is 650. The van der Waals surface area contributed by atoms with Crippen molar-refractivity contribution in [1.82, 2.24) is 5.32 Å². The van der Waals surface area contributed by atoms with Gasteiger partial charge in [0.15, 0.2) is 6.10 Å². The van der Waals surface area contributed by atoms with Gasteiger partial charge in [-0.2, -0.15) is 0 Å². The second-order valence-electron chi connectivity index (χ2n) is 6.73. The fourth-order valence-electron chi connectivity index (χ4n) is 3.00. The van der Waals surface area contributed by atoms with Crippen LogP contribution in [0.3, 0.4) is 0 Å². The molecule has 1 fully saturated rings. The third-order valence-electron chi connectivity index (χ3n) is 4.66. The number of hydrogen-bond acceptors (Lipinski definition) is 6. The Hall–Kier alpha value is -2.00. The van der Waals surface area contributed by atoms with Gasteiger partial charge in [-0.1, -0.05) is 24.6 Å². The molecule has 1 aliphatic rings. The number of carbonyl (C=O) groups is 2. The zero-order chi connectivity index (χ0) is 19.4. The van der Waals surface area contributed by atoms with E-state index < -0.39 is 48.3 Å². The zero-order valence-corrected chi connectivity index (χ0v) is 14.7. The molecule has 144 valence electrons. The number of aliphatic hydroxyl groups is 3. The third-order valence-corrected chi connectivity index (χ3v) is 4.66. The second kappa shape index (κ2) is 8.59. The largest absolute Gasteiger partial charge is 0.479 e. The Morgan fingerprint density at radius 1 is 1.35 bits per heavy atom. The summed E-state index contributed by atoms with van der Waals surface area (Å²) in [6.45, 7) is 3.21. The first-order valence-electron chi connectivity index (χ1n) is 8.48. The van der Waals surface area contributed by atoms with Crippen LogP contribution in [0.2, 0.25) is 0 Å². The molecule has 1 unspecified atom stereocenters. The Morgan fingerprint density at radius 3 is 2.65 bits per heavy atom. The molecule has 1 aromatic carbocycles. The van der Waals surface area contributed by atoms with Gasteiger partial charge in [-0.05, 0) is 19.1 Å². The molecule has 8 heteroatoms. The van der Waals surface area contributed by atoms with Gasteiger partial charge >= 0.3 is 5.97 Å². The van der Waals surface area contributed by atoms with Gasteiger partial charge < -0.3 is 30.5 Å². The normalized spacial score (nSPS) is 28.2. The number of ether oxygens (including phenoxy) is 1. The van der Waals surface area contributed by atoms with Crippen molar-refractivity contribution >= 4 is 11.9 Å². The van der Waals surface area contributed by atoms with Crippen molar-refractivity contribution < 1.29 is 34.8 Å². The molecule has 0 spiro atoms. The first-order valence-corrected chi connectivity index (χ1v) is 8.48. The van der Waals surface area contributed by atoms with Crippen LogP contribution in [-0.2, 0) is 9.53 Å². The SMILES string of the molecule is Cc1cccc(C(=O)NC[C@@H](O)[C@@H](O)[C@@H]2OC(C(=O)O)C[C@H](O)[C@H]2C)c1. The smallest absolute Gasteiger partial charge is 0.332 e. The van der Waals surface area contributed by atoms with Crippen LogP contribution in [0.25, 0.3) is 0 Å². The van der Waals surface area contributed by atoms with E-state index in [9.17, 15) is 24.9 Å². The molecule has 1 amide bonds. The maximum atomic E-state index is 12.1. The second-order valence-corrected chi connectivity index (χ2v) is 6.73. The minimum Gasteiger partial charge on any atom is -0.479 e. The molecule has 1 heterocycles. The molecule has 8 nitrogen and oxygen atoms in total. The molecule has 1 saturated heterocycles. The Kier molecular flexibility index (Phi) is 6.71. The molecular weight excluding hydrogens is 342 g/mol. The van der Waals surface area contributed by atoms with Gasteiger partial charge in [0, 0.05) is 24.4 Å². The van der Waals surface area contributed by atoms with Gasteiger partial charge in [-0.15, -0.1) is 0 Å². The van der Waals surface area contributed by atoms with Gasteiger partial charge in [-0.25, -0.2) is 4.79 Å². The van der Waals surface area contributed by atoms with E-state index in [1.165, 1.54) is 0 Å². The molecular formula is C18H25NO7. The van der Waals surface area contributed by atoms with Crippen LogP contribution in [0.5, 0.6) is 0 Å². The highest BCUT2D eigenvalue weighted by atomic mass is 16.5. The monoisotopic (exact) mass is 367 g/mol. The maximum absolute atomic E-state index is 12.1. The van der Waals surface area contributed by atoms with Crippen LogP contribution in [0, 0.1) is 12.8 Å². The summed E-state index contributed by atoms with van der Waals surface area (Å²) in [7, 11) is 0. The quantitative estimate of drug-likeness (QED) is 0.465. The highest BCUT2D eigenvalue weighted by Gasteiger charge is 2.43. The Labute approximate surface area is 151 Å². The van der Waals surface area contributed by atoms with Gasteiger partial charge in [0.2, 0.25) is 0 Å². The highest BCUT2D eigenvalue weighted by molar-refractivity contribution is 5.94. The lowest BCUT2D eigenvalue weighted by atomic mass is 9.86. The minimum atomic E-state index is -1.46. The Morgan fingerprint density at radius 2 is 2.04 bits per heavy atom. The van der Waals surface area contributed by atoms with Crippen LogP contribution < -0.4 is 5.32 Å². The van der Waals surface area contributed by atoms with E-state index in [0.717, 1.165) is 5.56 Å². The molecule has 0 aliphatic carbocycles. The summed E-state index contributed by atoms with van der Waals surface area (Å²) >= 11 is 0. The van der Waals surface area contributed by atoms with Crippen LogP contribution in [0.15, 0.2) is 24.3 Å². The van der Waals surface area contributed by atoms with Gasteiger partial charge in [-0.3, -0.25) is 4.79 Å². The molecule has 5 N–H and O–H groups in total. The van der Waals surface area contributed by atoms with Crippen LogP contribution >= 0.6 is 0 Å². The maximum Gasteiger partial charge on any atom is 0.332 e. The van der Waals surface area contributed by atoms with E-state index in [1.54, 1.807) is 25.1 Å². The van der Waals surface area contributed by atoms with Gasteiger partial charge in [0.05, 0.1) is 18.3 Å². The molecule has 0 aromatic heterocycles. The summed E-state index contributed by atoms with van der Waals surface area (Å²) in [6, 6.07) is 6.91. The summed E-state index contributed by atoms with van der Waals surface area (Å²) in [5.74, 6) is -2.21. The minimum absolute atomic E-state index is 0.0834. The molecule has 0 bridgehead atoms. The fraction of sp³-hybridized carbons (Fsp3) is 0.556. The van der Waals surface area contributed by atoms with Gasteiger partial charge in [0.1, 0.15) is 6.10 Å². The van der Waals surface area contributed by atoms with Crippen molar-refractivity contribution in [3.8, 4) is 0 Å². The molecule has 1 aliphatic heterocycles. The highest BCUT2D eigenvalue weighted by Crippen LogP contribution is 2.28. The number of aryl methyl sites for hydroxylation is 1. The number of rotatable bonds is 6. The average Bonchev–Trinajstić information content (AvgIpc) is 2.60. The van der Waals surface area contributed by atoms with E-state index in [-0.39, 0.29) is 13.0 Å². The van der Waals surface area contributed by atoms with E-state index in [2.05, 4.69) is 5.32 Å². The van der Waals surface area contributed by atoms with Crippen LogP contribution in [0.4, 0.5) is 0 Å². The molecule has 1 aromatic rings. The average molecular weight is 367 g/mol. The summed E-state index contributed by atoms with van der Waals surface area (Å²) in [5, 5.41) is 42.1. The molecule has 26 heavy (non-hydrogen) atoms. The number of carboxylic acids is 1. The number of benzene rings is 1. The number of carboxylic acid groups (broad SMARTS) is 1. The van der Waals surface area contributed by atoms with Gasteiger partial charge in [0.25, 0.3) is 5.91 Å². The molecule has 6 atom stereocenters. The number of hydrogen-bond donors (Lipinski definition) is 5. The van der Waals surface area contributed by atoms with Crippen LogP contribution in [0.1, 0.15) is 29.3 Å². The van der Waals surface area contributed by atoms with Crippen molar-refractivity contribution in [1.29, 1.82) is 0 Å². The topological polar surface area (TPSA) is 136 Å². The molecule has 0 radical (unpaired) electrons. The van der Waals surface area contributed by atoms with Crippen molar-refractivity contribution in [3.63, 3.8) is 0 Å². The fourth-order valence-corrected chi connectivity index (χ4v) is 3.00. The summed E-state index contributed by atoms with van der Waals surface area (Å²) in [6.07, 6.45) is -6.21. The lowest BCUT2D eigenvalue weighted by molar-refractivity contribution is -0.200. The number of carbonyl (C=O) groups excluding carboxylic acids is 1. The number of nitrogens with one attached hydrogen (secondary N) is 1. The standard InChI is InChI=1S/C18H25NO7/c1-9-4-3-5-11(6-9)17(23)19-8-13(21)15(22)16-10(2)12(20)7-14(26-16)18(24)25/h3-6,10,12-16,20-22H,7-8H2,1-2H3,(H,19,23)(H,24,25)/t10-,12+,13-,14?,15-,16-/m1/s1. The summed E-state index contributed by atoms with van der Waals surface area (Å²) in [4.78, 5) is 23.2. The first-order chi connectivity index (χ1) is 12.2. The number of amides is 1. The first kappa shape index (κ1) is 20.3. The third kappa shape index (κ3) is 4.79. The van der Waals surface area contributed by atoms with Crippen molar-refractivity contribution in [3.05, 3.63) is 35.4 Å². The van der Waals surface area contributed by atoms with Crippen molar-refractivity contribution in [2.75, 3.05) is 6.54 Å². The lowest BCUT2D eigenvalue weighted by Gasteiger charge is -2.40. The lowest BCUT2D eigenvalue weighted by Crippen LogP contribution is -2.55. The summed E-state index contributed by atoms with van der Waals surface area (Å²) in [5.41, 5.74) is 1.34. The van der Waals surface area contributed by atoms with E-state index in [0.29, 0.717) is 5.56 Å². The number of aliphatic carboxylic acids is 1. The van der Waals surface area contributed by atoms with Crippen LogP contribution in [-0.4, -0.2) is 69.4 Å². The summed E-state index contributed by atoms with van der Waals surface area (Å²) < 4.78 is 5.34. The van der Waals surface area contributed by atoms with E-state index in [1.807, 2.05) is 13.0 Å². The van der Waals surface area contributed by atoms with E-state index >= 15 is 0 Å². The molecule has 0 saturated carbocycles.